The lowest BCUT2D eigenvalue weighted by molar-refractivity contribution is 0.669. The molecule has 0 bridgehead atoms. The summed E-state index contributed by atoms with van der Waals surface area (Å²) in [5.41, 5.74) is 18.2. The first kappa shape index (κ1) is 35.8. The third kappa shape index (κ3) is 5.74. The highest BCUT2D eigenvalue weighted by atomic mass is 16.3. The summed E-state index contributed by atoms with van der Waals surface area (Å²) in [4.78, 5) is 10.5. The molecule has 0 amide bonds. The van der Waals surface area contributed by atoms with Crippen LogP contribution in [0.4, 0.5) is 0 Å². The fraction of sp³-hybridized carbons (Fsp3) is 0.0169. The lowest BCUT2D eigenvalue weighted by Crippen LogP contribution is -2.28. The minimum atomic E-state index is -0.494. The first-order chi connectivity index (χ1) is 30.7. The maximum atomic E-state index is 6.12. The van der Waals surface area contributed by atoms with Crippen LogP contribution in [-0.4, -0.2) is 9.97 Å². The zero-order valence-electron chi connectivity index (χ0n) is 33.7. The maximum Gasteiger partial charge on any atom is 0.160 e. The Morgan fingerprint density at radius 1 is 0.306 bits per heavy atom. The topological polar surface area (TPSA) is 38.9 Å². The standard InChI is InChI=1S/C59H38N2O/c1-3-16-41(17-4-1)58-60-54(40-32-30-39(31-33-40)42-34-35-57-51(37-42)50-26-11-14-29-56(50)62-57)38-55(61-58)49-25-8-7-22-46(49)43-18-15-21-45(36-43)59(44-19-5-2-6-20-44)52-27-12-9-23-47(52)48-24-10-13-28-53(48)59/h1-38H. The molecule has 0 spiro atoms. The van der Waals surface area contributed by atoms with Crippen molar-refractivity contribution in [2.24, 2.45) is 0 Å². The lowest BCUT2D eigenvalue weighted by atomic mass is 9.67. The van der Waals surface area contributed by atoms with Crippen LogP contribution in [-0.2, 0) is 5.41 Å². The van der Waals surface area contributed by atoms with Gasteiger partial charge < -0.3 is 4.42 Å². The number of nitrogens with zero attached hydrogens (tertiary/aromatic N) is 2. The molecule has 2 heterocycles. The molecule has 2 aromatic heterocycles. The molecule has 0 unspecified atom stereocenters. The number of aromatic nitrogens is 2. The van der Waals surface area contributed by atoms with Crippen LogP contribution in [0.3, 0.4) is 0 Å². The van der Waals surface area contributed by atoms with Crippen molar-refractivity contribution in [2.45, 2.75) is 5.41 Å². The van der Waals surface area contributed by atoms with Gasteiger partial charge in [-0.2, -0.15) is 0 Å². The van der Waals surface area contributed by atoms with Gasteiger partial charge in [0, 0.05) is 27.5 Å². The van der Waals surface area contributed by atoms with E-state index in [1.807, 2.05) is 30.3 Å². The largest absolute Gasteiger partial charge is 0.456 e. The van der Waals surface area contributed by atoms with Gasteiger partial charge in [0.1, 0.15) is 11.2 Å². The average Bonchev–Trinajstić information content (AvgIpc) is 3.88. The normalized spacial score (nSPS) is 12.6. The summed E-state index contributed by atoms with van der Waals surface area (Å²) in [7, 11) is 0. The fourth-order valence-corrected chi connectivity index (χ4v) is 9.78. The summed E-state index contributed by atoms with van der Waals surface area (Å²) in [6, 6.07) is 82.3. The van der Waals surface area contributed by atoms with E-state index in [4.69, 9.17) is 14.4 Å². The smallest absolute Gasteiger partial charge is 0.160 e. The maximum absolute atomic E-state index is 6.12. The second kappa shape index (κ2) is 14.5. The fourth-order valence-electron chi connectivity index (χ4n) is 9.78. The van der Waals surface area contributed by atoms with Crippen molar-refractivity contribution in [1.29, 1.82) is 0 Å². The number of para-hydroxylation sites is 1. The molecular weight excluding hydrogens is 753 g/mol. The van der Waals surface area contributed by atoms with Crippen molar-refractivity contribution in [1.82, 2.24) is 9.97 Å². The first-order valence-electron chi connectivity index (χ1n) is 21.1. The molecule has 0 atom stereocenters. The molecule has 62 heavy (non-hydrogen) atoms. The van der Waals surface area contributed by atoms with Gasteiger partial charge in [-0.25, -0.2) is 9.97 Å². The van der Waals surface area contributed by atoms with E-state index in [0.717, 1.165) is 72.3 Å². The third-order valence-electron chi connectivity index (χ3n) is 12.6. The van der Waals surface area contributed by atoms with Crippen LogP contribution in [0.5, 0.6) is 0 Å². The van der Waals surface area contributed by atoms with Gasteiger partial charge in [-0.1, -0.05) is 200 Å². The first-order valence-corrected chi connectivity index (χ1v) is 21.1. The summed E-state index contributed by atoms with van der Waals surface area (Å²) < 4.78 is 6.12. The molecule has 1 aliphatic carbocycles. The number of furan rings is 1. The van der Waals surface area contributed by atoms with E-state index in [9.17, 15) is 0 Å². The van der Waals surface area contributed by atoms with Crippen molar-refractivity contribution >= 4 is 21.9 Å². The number of rotatable bonds is 7. The third-order valence-corrected chi connectivity index (χ3v) is 12.6. The van der Waals surface area contributed by atoms with Crippen LogP contribution in [0.2, 0.25) is 0 Å². The molecule has 0 N–H and O–H groups in total. The number of hydrogen-bond acceptors (Lipinski definition) is 3. The van der Waals surface area contributed by atoms with Crippen molar-refractivity contribution in [3.63, 3.8) is 0 Å². The quantitative estimate of drug-likeness (QED) is 0.161. The summed E-state index contributed by atoms with van der Waals surface area (Å²) in [5, 5.41) is 2.24. The monoisotopic (exact) mass is 790 g/mol. The number of fused-ring (bicyclic) bond motifs is 6. The summed E-state index contributed by atoms with van der Waals surface area (Å²) in [5.74, 6) is 0.685. The molecule has 0 saturated carbocycles. The zero-order chi connectivity index (χ0) is 41.0. The number of hydrogen-bond donors (Lipinski definition) is 0. The van der Waals surface area contributed by atoms with Crippen LogP contribution in [0.15, 0.2) is 235 Å². The highest BCUT2D eigenvalue weighted by Crippen LogP contribution is 2.56. The number of benzene rings is 9. The predicted molar refractivity (Wildman–Crippen MR) is 254 cm³/mol. The van der Waals surface area contributed by atoms with Crippen LogP contribution in [0.1, 0.15) is 22.3 Å². The lowest BCUT2D eigenvalue weighted by Gasteiger charge is -2.34. The highest BCUT2D eigenvalue weighted by Gasteiger charge is 2.45. The van der Waals surface area contributed by atoms with Crippen molar-refractivity contribution in [2.75, 3.05) is 0 Å². The predicted octanol–water partition coefficient (Wildman–Crippen LogP) is 15.1. The van der Waals surface area contributed by atoms with E-state index >= 15 is 0 Å². The molecule has 9 aromatic carbocycles. The van der Waals surface area contributed by atoms with Gasteiger partial charge >= 0.3 is 0 Å². The second-order valence-electron chi connectivity index (χ2n) is 16.0. The van der Waals surface area contributed by atoms with Crippen molar-refractivity contribution in [3.8, 4) is 67.3 Å². The van der Waals surface area contributed by atoms with Gasteiger partial charge in [0.05, 0.1) is 16.8 Å². The van der Waals surface area contributed by atoms with E-state index in [-0.39, 0.29) is 0 Å². The second-order valence-corrected chi connectivity index (χ2v) is 16.0. The molecule has 3 nitrogen and oxygen atoms in total. The van der Waals surface area contributed by atoms with Gasteiger partial charge in [-0.15, -0.1) is 0 Å². The summed E-state index contributed by atoms with van der Waals surface area (Å²) >= 11 is 0. The molecule has 0 aliphatic heterocycles. The summed E-state index contributed by atoms with van der Waals surface area (Å²) in [6.45, 7) is 0. The van der Waals surface area contributed by atoms with E-state index in [1.165, 1.54) is 33.4 Å². The SMILES string of the molecule is c1ccc(-c2nc(-c3ccc(-c4ccc5oc6ccccc6c5c4)cc3)cc(-c3ccccc3-c3cccc(C4(c5ccccc5)c5ccccc5-c5ccccc54)c3)n2)cc1. The molecule has 0 radical (unpaired) electrons. The molecule has 0 saturated heterocycles. The van der Waals surface area contributed by atoms with Gasteiger partial charge in [0.15, 0.2) is 5.82 Å². The molecule has 3 heteroatoms. The van der Waals surface area contributed by atoms with Crippen molar-refractivity contribution < 1.29 is 4.42 Å². The Morgan fingerprint density at radius 3 is 1.61 bits per heavy atom. The van der Waals surface area contributed by atoms with E-state index in [1.54, 1.807) is 0 Å². The minimum Gasteiger partial charge on any atom is -0.456 e. The molecule has 1 aliphatic rings. The Morgan fingerprint density at radius 2 is 0.855 bits per heavy atom. The Hall–Kier alpha value is -8.14. The molecule has 11 aromatic rings. The average molecular weight is 791 g/mol. The van der Waals surface area contributed by atoms with Gasteiger partial charge in [-0.05, 0) is 86.0 Å². The minimum absolute atomic E-state index is 0.494. The molecular formula is C59H38N2O. The van der Waals surface area contributed by atoms with Crippen LogP contribution < -0.4 is 0 Å². The Labute approximate surface area is 360 Å². The van der Waals surface area contributed by atoms with Gasteiger partial charge in [-0.3, -0.25) is 0 Å². The van der Waals surface area contributed by atoms with Gasteiger partial charge in [0.2, 0.25) is 0 Å². The summed E-state index contributed by atoms with van der Waals surface area (Å²) in [6.07, 6.45) is 0. The van der Waals surface area contributed by atoms with Crippen molar-refractivity contribution in [3.05, 3.63) is 253 Å². The Balaban J connectivity index is 0.986. The van der Waals surface area contributed by atoms with Crippen LogP contribution >= 0.6 is 0 Å². The van der Waals surface area contributed by atoms with E-state index in [2.05, 4.69) is 200 Å². The van der Waals surface area contributed by atoms with E-state index in [0.29, 0.717) is 5.82 Å². The molecule has 12 rings (SSSR count). The van der Waals surface area contributed by atoms with E-state index < -0.39 is 5.41 Å². The highest BCUT2D eigenvalue weighted by molar-refractivity contribution is 6.06. The van der Waals surface area contributed by atoms with Gasteiger partial charge in [0.25, 0.3) is 0 Å². The van der Waals surface area contributed by atoms with Crippen LogP contribution in [0.25, 0.3) is 89.2 Å². The zero-order valence-corrected chi connectivity index (χ0v) is 33.7. The Bertz CT molecular complexity index is 3410. The Kier molecular flexibility index (Phi) is 8.39. The molecule has 0 fully saturated rings. The van der Waals surface area contributed by atoms with Crippen LogP contribution in [0, 0.1) is 0 Å². The molecule has 290 valence electrons.